The molecule has 2 heterocycles. The molecular formula is C15H22N4O2. The Labute approximate surface area is 125 Å². The molecule has 1 aromatic heterocycles. The van der Waals surface area contributed by atoms with Crippen molar-refractivity contribution in [3.63, 3.8) is 0 Å². The second kappa shape index (κ2) is 6.65. The third-order valence-electron chi connectivity index (χ3n) is 3.75. The summed E-state index contributed by atoms with van der Waals surface area (Å²) in [5.41, 5.74) is 0.782. The number of anilines is 1. The summed E-state index contributed by atoms with van der Waals surface area (Å²) in [7, 11) is 0. The highest BCUT2D eigenvalue weighted by Gasteiger charge is 2.27. The summed E-state index contributed by atoms with van der Waals surface area (Å²) in [5, 5.41) is 2.87. The lowest BCUT2D eigenvalue weighted by molar-refractivity contribution is -0.132. The fourth-order valence-corrected chi connectivity index (χ4v) is 2.56. The number of likely N-dealkylation sites (tertiary alicyclic amines) is 1. The summed E-state index contributed by atoms with van der Waals surface area (Å²) in [6, 6.07) is 0. The van der Waals surface area contributed by atoms with Crippen LogP contribution in [0.5, 0.6) is 0 Å². The molecular weight excluding hydrogens is 268 g/mol. The largest absolute Gasteiger partial charge is 0.342 e. The predicted octanol–water partition coefficient (Wildman–Crippen LogP) is 1.80. The van der Waals surface area contributed by atoms with E-state index in [-0.39, 0.29) is 23.7 Å². The van der Waals surface area contributed by atoms with Crippen LogP contribution in [0.3, 0.4) is 0 Å². The highest BCUT2D eigenvalue weighted by Crippen LogP contribution is 2.22. The summed E-state index contributed by atoms with van der Waals surface area (Å²) < 4.78 is 0. The van der Waals surface area contributed by atoms with Crippen molar-refractivity contribution < 1.29 is 9.59 Å². The number of amides is 2. The Balaban J connectivity index is 2.06. The number of hydrogen-bond donors (Lipinski definition) is 1. The van der Waals surface area contributed by atoms with Crippen molar-refractivity contribution in [1.29, 1.82) is 0 Å². The molecule has 1 aliphatic heterocycles. The molecule has 1 saturated heterocycles. The fraction of sp³-hybridized carbons (Fsp3) is 0.600. The maximum atomic E-state index is 12.4. The van der Waals surface area contributed by atoms with Crippen LogP contribution in [-0.2, 0) is 9.59 Å². The van der Waals surface area contributed by atoms with Crippen molar-refractivity contribution >= 4 is 17.6 Å². The summed E-state index contributed by atoms with van der Waals surface area (Å²) >= 11 is 0. The SMILES string of the molecule is CC(=O)N1CCCC(C(=O)Nc2nccnc2C(C)C)C1. The molecule has 21 heavy (non-hydrogen) atoms. The van der Waals surface area contributed by atoms with Crippen LogP contribution in [0, 0.1) is 5.92 Å². The van der Waals surface area contributed by atoms with Gasteiger partial charge in [0.2, 0.25) is 11.8 Å². The number of nitrogens with one attached hydrogen (secondary N) is 1. The van der Waals surface area contributed by atoms with E-state index in [1.165, 1.54) is 0 Å². The zero-order valence-electron chi connectivity index (χ0n) is 12.8. The molecule has 1 unspecified atom stereocenters. The third-order valence-corrected chi connectivity index (χ3v) is 3.75. The molecule has 1 fully saturated rings. The summed E-state index contributed by atoms with van der Waals surface area (Å²) in [6.07, 6.45) is 4.86. The van der Waals surface area contributed by atoms with Gasteiger partial charge in [-0.25, -0.2) is 4.98 Å². The molecule has 6 heteroatoms. The standard InChI is InChI=1S/C15H22N4O2/c1-10(2)13-14(17-7-6-16-13)18-15(21)12-5-4-8-19(9-12)11(3)20/h6-7,10,12H,4-5,8-9H2,1-3H3,(H,17,18,21). The molecule has 0 aromatic carbocycles. The lowest BCUT2D eigenvalue weighted by atomic mass is 9.97. The number of carbonyl (C=O) groups excluding carboxylic acids is 2. The molecule has 0 radical (unpaired) electrons. The number of piperidine rings is 1. The minimum absolute atomic E-state index is 0.0230. The first-order valence-corrected chi connectivity index (χ1v) is 7.36. The molecule has 0 spiro atoms. The van der Waals surface area contributed by atoms with E-state index in [2.05, 4.69) is 15.3 Å². The number of nitrogens with zero attached hydrogens (tertiary/aromatic N) is 3. The fourth-order valence-electron chi connectivity index (χ4n) is 2.56. The average Bonchev–Trinajstić information content (AvgIpc) is 2.47. The monoisotopic (exact) mass is 290 g/mol. The van der Waals surface area contributed by atoms with Crippen molar-refractivity contribution in [2.45, 2.75) is 39.5 Å². The highest BCUT2D eigenvalue weighted by atomic mass is 16.2. The zero-order chi connectivity index (χ0) is 15.4. The number of rotatable bonds is 3. The molecule has 2 rings (SSSR count). The Bertz CT molecular complexity index is 530. The van der Waals surface area contributed by atoms with E-state index in [1.54, 1.807) is 24.2 Å². The maximum Gasteiger partial charge on any atom is 0.230 e. The second-order valence-electron chi connectivity index (χ2n) is 5.74. The summed E-state index contributed by atoms with van der Waals surface area (Å²) in [6.45, 7) is 6.79. The molecule has 1 atom stereocenters. The van der Waals surface area contributed by atoms with Crippen LogP contribution < -0.4 is 5.32 Å². The van der Waals surface area contributed by atoms with Crippen LogP contribution in [0.4, 0.5) is 5.82 Å². The van der Waals surface area contributed by atoms with Crippen LogP contribution in [0.25, 0.3) is 0 Å². The van der Waals surface area contributed by atoms with Gasteiger partial charge in [-0.2, -0.15) is 0 Å². The molecule has 0 aliphatic carbocycles. The van der Waals surface area contributed by atoms with Crippen molar-refractivity contribution in [3.05, 3.63) is 18.1 Å². The van der Waals surface area contributed by atoms with Gasteiger partial charge in [0, 0.05) is 32.4 Å². The second-order valence-corrected chi connectivity index (χ2v) is 5.74. The van der Waals surface area contributed by atoms with Gasteiger partial charge < -0.3 is 10.2 Å². The number of carbonyl (C=O) groups is 2. The lowest BCUT2D eigenvalue weighted by Crippen LogP contribution is -2.43. The van der Waals surface area contributed by atoms with Crippen LogP contribution in [0.2, 0.25) is 0 Å². The normalized spacial score (nSPS) is 18.7. The zero-order valence-corrected chi connectivity index (χ0v) is 12.8. The summed E-state index contributed by atoms with van der Waals surface area (Å²) in [5.74, 6) is 0.481. The molecule has 114 valence electrons. The Kier molecular flexibility index (Phi) is 4.88. The van der Waals surface area contributed by atoms with E-state index >= 15 is 0 Å². The molecule has 2 amide bonds. The maximum absolute atomic E-state index is 12.4. The van der Waals surface area contributed by atoms with Crippen molar-refractivity contribution in [2.24, 2.45) is 5.92 Å². The topological polar surface area (TPSA) is 75.2 Å². The van der Waals surface area contributed by atoms with Crippen LogP contribution >= 0.6 is 0 Å². The number of aromatic nitrogens is 2. The Hall–Kier alpha value is -1.98. The van der Waals surface area contributed by atoms with Gasteiger partial charge in [-0.1, -0.05) is 13.8 Å². The van der Waals surface area contributed by atoms with Gasteiger partial charge in [0.05, 0.1) is 11.6 Å². The van der Waals surface area contributed by atoms with Gasteiger partial charge in [0.25, 0.3) is 0 Å². The van der Waals surface area contributed by atoms with Gasteiger partial charge in [-0.3, -0.25) is 14.6 Å². The highest BCUT2D eigenvalue weighted by molar-refractivity contribution is 5.92. The van der Waals surface area contributed by atoms with Gasteiger partial charge in [0.1, 0.15) is 0 Å². The molecule has 6 nitrogen and oxygen atoms in total. The average molecular weight is 290 g/mol. The van der Waals surface area contributed by atoms with E-state index in [0.717, 1.165) is 25.1 Å². The Morgan fingerprint density at radius 2 is 2.05 bits per heavy atom. The lowest BCUT2D eigenvalue weighted by Gasteiger charge is -2.31. The van der Waals surface area contributed by atoms with Crippen LogP contribution in [-0.4, -0.2) is 39.8 Å². The Morgan fingerprint density at radius 3 is 2.71 bits per heavy atom. The smallest absolute Gasteiger partial charge is 0.230 e. The van der Waals surface area contributed by atoms with Crippen molar-refractivity contribution in [1.82, 2.24) is 14.9 Å². The molecule has 0 bridgehead atoms. The third kappa shape index (κ3) is 3.77. The number of hydrogen-bond acceptors (Lipinski definition) is 4. The Morgan fingerprint density at radius 1 is 1.33 bits per heavy atom. The van der Waals surface area contributed by atoms with Crippen molar-refractivity contribution in [2.75, 3.05) is 18.4 Å². The van der Waals surface area contributed by atoms with Crippen molar-refractivity contribution in [3.8, 4) is 0 Å². The first-order valence-electron chi connectivity index (χ1n) is 7.36. The summed E-state index contributed by atoms with van der Waals surface area (Å²) in [4.78, 5) is 34.1. The molecule has 1 N–H and O–H groups in total. The van der Waals surface area contributed by atoms with Crippen LogP contribution in [0.1, 0.15) is 45.2 Å². The minimum atomic E-state index is -0.176. The first kappa shape index (κ1) is 15.4. The molecule has 1 aliphatic rings. The van der Waals surface area contributed by atoms with E-state index in [9.17, 15) is 9.59 Å². The molecule has 0 saturated carbocycles. The van der Waals surface area contributed by atoms with Gasteiger partial charge >= 0.3 is 0 Å². The van der Waals surface area contributed by atoms with Crippen LogP contribution in [0.15, 0.2) is 12.4 Å². The van der Waals surface area contributed by atoms with Gasteiger partial charge in [-0.05, 0) is 18.8 Å². The first-order chi connectivity index (χ1) is 9.99. The van der Waals surface area contributed by atoms with E-state index in [0.29, 0.717) is 12.4 Å². The minimum Gasteiger partial charge on any atom is -0.342 e. The van der Waals surface area contributed by atoms with Gasteiger partial charge in [-0.15, -0.1) is 0 Å². The van der Waals surface area contributed by atoms with Gasteiger partial charge in [0.15, 0.2) is 5.82 Å². The molecule has 1 aromatic rings. The van der Waals surface area contributed by atoms with E-state index in [4.69, 9.17) is 0 Å². The van der Waals surface area contributed by atoms with E-state index < -0.39 is 0 Å². The quantitative estimate of drug-likeness (QED) is 0.921. The van der Waals surface area contributed by atoms with E-state index in [1.807, 2.05) is 13.8 Å². The predicted molar refractivity (Wildman–Crippen MR) is 79.7 cm³/mol.